The van der Waals surface area contributed by atoms with E-state index in [2.05, 4.69) is 0 Å². The third-order valence-corrected chi connectivity index (χ3v) is 7.67. The first-order chi connectivity index (χ1) is 15.4. The van der Waals surface area contributed by atoms with Gasteiger partial charge in [0.05, 0.1) is 12.5 Å². The molecule has 2 amide bonds. The summed E-state index contributed by atoms with van der Waals surface area (Å²) < 4.78 is 37.1. The summed E-state index contributed by atoms with van der Waals surface area (Å²) in [5, 5.41) is -0.325. The number of likely N-dealkylation sites (tertiary alicyclic amines) is 1. The molecule has 2 aliphatic rings. The Hall–Kier alpha value is -2.40. The summed E-state index contributed by atoms with van der Waals surface area (Å²) >= 11 is 0. The van der Waals surface area contributed by atoms with E-state index in [1.54, 1.807) is 16.7 Å². The summed E-state index contributed by atoms with van der Waals surface area (Å²) in [7, 11) is -3.93. The molecule has 1 aromatic heterocycles. The zero-order valence-corrected chi connectivity index (χ0v) is 20.5. The minimum Gasteiger partial charge on any atom is -0.460 e. The van der Waals surface area contributed by atoms with Gasteiger partial charge in [-0.25, -0.2) is 13.2 Å². The van der Waals surface area contributed by atoms with Gasteiger partial charge >= 0.3 is 5.97 Å². The van der Waals surface area contributed by atoms with Gasteiger partial charge in [-0.1, -0.05) is 20.8 Å². The standard InChI is InChI=1S/C22H33N3O7S/c1-5-31-20(27)17-8-9-18(32-17)33(29,30)25-13-11-23(12-14-25)19(26)16-7-6-10-24(15-16)21(28)22(2,3)4/h8-9,16H,5-7,10-15H2,1-4H3. The van der Waals surface area contributed by atoms with Crippen molar-refractivity contribution in [1.29, 1.82) is 0 Å². The van der Waals surface area contributed by atoms with Crippen molar-refractivity contribution in [3.63, 3.8) is 0 Å². The normalized spacial score (nSPS) is 20.5. The van der Waals surface area contributed by atoms with Crippen LogP contribution in [0, 0.1) is 11.3 Å². The van der Waals surface area contributed by atoms with Gasteiger partial charge in [0.1, 0.15) is 0 Å². The highest BCUT2D eigenvalue weighted by Gasteiger charge is 2.37. The van der Waals surface area contributed by atoms with Crippen molar-refractivity contribution in [2.24, 2.45) is 11.3 Å². The molecule has 10 nitrogen and oxygen atoms in total. The second kappa shape index (κ2) is 9.84. The lowest BCUT2D eigenvalue weighted by molar-refractivity contribution is -0.145. The fraction of sp³-hybridized carbons (Fsp3) is 0.682. The number of esters is 1. The Morgan fingerprint density at radius 2 is 1.73 bits per heavy atom. The number of piperazine rings is 1. The topological polar surface area (TPSA) is 117 Å². The molecule has 1 atom stereocenters. The first-order valence-electron chi connectivity index (χ1n) is 11.3. The molecule has 2 aliphatic heterocycles. The largest absolute Gasteiger partial charge is 0.460 e. The average molecular weight is 484 g/mol. The first-order valence-corrected chi connectivity index (χ1v) is 12.7. The number of rotatable bonds is 5. The first kappa shape index (κ1) is 25.2. The Balaban J connectivity index is 1.59. The van der Waals surface area contributed by atoms with Gasteiger partial charge in [0, 0.05) is 44.7 Å². The molecule has 3 rings (SSSR count). The van der Waals surface area contributed by atoms with E-state index in [0.717, 1.165) is 6.42 Å². The van der Waals surface area contributed by atoms with Gasteiger partial charge in [-0.05, 0) is 31.9 Å². The van der Waals surface area contributed by atoms with E-state index in [1.807, 2.05) is 20.8 Å². The Morgan fingerprint density at radius 3 is 2.33 bits per heavy atom. The highest BCUT2D eigenvalue weighted by molar-refractivity contribution is 7.89. The molecular weight excluding hydrogens is 450 g/mol. The van der Waals surface area contributed by atoms with Crippen LogP contribution in [0.25, 0.3) is 0 Å². The second-order valence-electron chi connectivity index (χ2n) is 9.41. The third kappa shape index (κ3) is 5.57. The fourth-order valence-electron chi connectivity index (χ4n) is 4.14. The van der Waals surface area contributed by atoms with Gasteiger partial charge in [-0.2, -0.15) is 4.31 Å². The van der Waals surface area contributed by atoms with Crippen LogP contribution in [0.3, 0.4) is 0 Å². The van der Waals surface area contributed by atoms with Crippen molar-refractivity contribution in [2.75, 3.05) is 45.9 Å². The molecular formula is C22H33N3O7S. The number of amides is 2. The highest BCUT2D eigenvalue weighted by atomic mass is 32.2. The Labute approximate surface area is 194 Å². The van der Waals surface area contributed by atoms with Gasteiger partial charge in [-0.3, -0.25) is 9.59 Å². The number of furan rings is 1. The van der Waals surface area contributed by atoms with Crippen molar-refractivity contribution in [2.45, 2.75) is 45.6 Å². The van der Waals surface area contributed by atoms with Gasteiger partial charge in [0.25, 0.3) is 10.0 Å². The molecule has 3 heterocycles. The van der Waals surface area contributed by atoms with Crippen molar-refractivity contribution >= 4 is 27.8 Å². The van der Waals surface area contributed by atoms with Crippen molar-refractivity contribution in [1.82, 2.24) is 14.1 Å². The summed E-state index contributed by atoms with van der Waals surface area (Å²) in [4.78, 5) is 40.9. The number of sulfonamides is 1. The minimum absolute atomic E-state index is 0.0385. The van der Waals surface area contributed by atoms with Crippen LogP contribution in [0.1, 0.15) is 51.1 Å². The maximum absolute atomic E-state index is 13.1. The number of hydrogen-bond acceptors (Lipinski definition) is 7. The molecule has 2 fully saturated rings. The smallest absolute Gasteiger partial charge is 0.374 e. The average Bonchev–Trinajstić information content (AvgIpc) is 3.29. The van der Waals surface area contributed by atoms with Crippen LogP contribution in [0.2, 0.25) is 0 Å². The molecule has 0 aliphatic carbocycles. The summed E-state index contributed by atoms with van der Waals surface area (Å²) in [5.41, 5.74) is -0.496. The highest BCUT2D eigenvalue weighted by Crippen LogP contribution is 2.26. The maximum atomic E-state index is 13.1. The quantitative estimate of drug-likeness (QED) is 0.584. The van der Waals surface area contributed by atoms with Crippen LogP contribution in [-0.4, -0.2) is 86.2 Å². The monoisotopic (exact) mass is 483 g/mol. The number of piperidine rings is 1. The van der Waals surface area contributed by atoms with Crippen molar-refractivity contribution < 1.29 is 32.0 Å². The number of carbonyl (C=O) groups is 3. The van der Waals surface area contributed by atoms with Crippen LogP contribution in [0.4, 0.5) is 0 Å². The van der Waals surface area contributed by atoms with Crippen LogP contribution >= 0.6 is 0 Å². The molecule has 11 heteroatoms. The zero-order valence-electron chi connectivity index (χ0n) is 19.7. The lowest BCUT2D eigenvalue weighted by atomic mass is 9.90. The van der Waals surface area contributed by atoms with Crippen molar-refractivity contribution in [3.8, 4) is 0 Å². The van der Waals surface area contributed by atoms with E-state index in [0.29, 0.717) is 19.5 Å². The van der Waals surface area contributed by atoms with Crippen molar-refractivity contribution in [3.05, 3.63) is 17.9 Å². The molecule has 0 radical (unpaired) electrons. The minimum atomic E-state index is -3.93. The molecule has 0 bridgehead atoms. The fourth-order valence-corrected chi connectivity index (χ4v) is 5.48. The van der Waals surface area contributed by atoms with E-state index < -0.39 is 21.4 Å². The Bertz CT molecular complexity index is 988. The van der Waals surface area contributed by atoms with Crippen LogP contribution < -0.4 is 0 Å². The van der Waals surface area contributed by atoms with Crippen LogP contribution in [0.15, 0.2) is 21.6 Å². The molecule has 0 N–H and O–H groups in total. The number of ether oxygens (including phenoxy) is 1. The van der Waals surface area contributed by atoms with Crippen LogP contribution in [-0.2, 0) is 24.3 Å². The lowest BCUT2D eigenvalue weighted by Gasteiger charge is -2.39. The summed E-state index contributed by atoms with van der Waals surface area (Å²) in [6.07, 6.45) is 1.49. The van der Waals surface area contributed by atoms with Gasteiger partial charge in [-0.15, -0.1) is 0 Å². The second-order valence-corrected chi connectivity index (χ2v) is 11.3. The predicted molar refractivity (Wildman–Crippen MR) is 119 cm³/mol. The molecule has 184 valence electrons. The molecule has 0 saturated carbocycles. The molecule has 0 aromatic carbocycles. The SMILES string of the molecule is CCOC(=O)c1ccc(S(=O)(=O)N2CCN(C(=O)C3CCCN(C(=O)C(C)(C)C)C3)CC2)o1. The third-order valence-electron chi connectivity index (χ3n) is 5.90. The molecule has 2 saturated heterocycles. The maximum Gasteiger partial charge on any atom is 0.374 e. The van der Waals surface area contributed by atoms with E-state index >= 15 is 0 Å². The van der Waals surface area contributed by atoms with Gasteiger partial charge in [0.2, 0.25) is 22.7 Å². The van der Waals surface area contributed by atoms with Crippen LogP contribution in [0.5, 0.6) is 0 Å². The molecule has 0 spiro atoms. The van der Waals surface area contributed by atoms with E-state index in [4.69, 9.17) is 9.15 Å². The molecule has 1 aromatic rings. The Morgan fingerprint density at radius 1 is 1.06 bits per heavy atom. The van der Waals surface area contributed by atoms with E-state index in [-0.39, 0.29) is 61.4 Å². The predicted octanol–water partition coefficient (Wildman–Crippen LogP) is 1.57. The lowest BCUT2D eigenvalue weighted by Crippen LogP contribution is -2.54. The van der Waals surface area contributed by atoms with Gasteiger partial charge < -0.3 is 19.0 Å². The number of hydrogen-bond donors (Lipinski definition) is 0. The van der Waals surface area contributed by atoms with E-state index in [9.17, 15) is 22.8 Å². The zero-order chi connectivity index (χ0) is 24.4. The molecule has 1 unspecified atom stereocenters. The summed E-state index contributed by atoms with van der Waals surface area (Å²) in [5.74, 6) is -1.17. The van der Waals surface area contributed by atoms with E-state index in [1.165, 1.54) is 16.4 Å². The number of carbonyl (C=O) groups excluding carboxylic acids is 3. The molecule has 33 heavy (non-hydrogen) atoms. The summed E-state index contributed by atoms with van der Waals surface area (Å²) in [6, 6.07) is 2.51. The van der Waals surface area contributed by atoms with Gasteiger partial charge in [0.15, 0.2) is 0 Å². The summed E-state index contributed by atoms with van der Waals surface area (Å²) in [6.45, 7) is 9.23. The Kier molecular flexibility index (Phi) is 7.52. The number of nitrogens with zero attached hydrogens (tertiary/aromatic N) is 3.